The molecule has 3 aliphatic carbocycles. The maximum Gasteiger partial charge on any atom is 0.0540 e. The summed E-state index contributed by atoms with van der Waals surface area (Å²) in [6.07, 6.45) is 18.4. The third kappa shape index (κ3) is 3.54. The van der Waals surface area contributed by atoms with Crippen molar-refractivity contribution in [2.24, 2.45) is 23.7 Å². The summed E-state index contributed by atoms with van der Waals surface area (Å²) in [6.45, 7) is 0. The first-order chi connectivity index (χ1) is 9.33. The Kier molecular flexibility index (Phi) is 4.84. The van der Waals surface area contributed by atoms with E-state index in [0.29, 0.717) is 0 Å². The van der Waals surface area contributed by atoms with Gasteiger partial charge in [-0.1, -0.05) is 32.1 Å². The predicted octanol–water partition coefficient (Wildman–Crippen LogP) is 4.92. The minimum atomic E-state index is 0.0230. The second-order valence-corrected chi connectivity index (χ2v) is 7.64. The van der Waals surface area contributed by atoms with E-state index in [2.05, 4.69) is 0 Å². The van der Waals surface area contributed by atoms with Crippen molar-refractivity contribution in [3.05, 3.63) is 0 Å². The van der Waals surface area contributed by atoms with Gasteiger partial charge < -0.3 is 5.11 Å². The first-order valence-corrected chi connectivity index (χ1v) is 9.01. The summed E-state index contributed by atoms with van der Waals surface area (Å²) in [6, 6.07) is 0. The monoisotopic (exact) mass is 264 g/mol. The van der Waals surface area contributed by atoms with Gasteiger partial charge in [0, 0.05) is 0 Å². The molecule has 0 saturated heterocycles. The summed E-state index contributed by atoms with van der Waals surface area (Å²) in [5.74, 6) is 4.12. The lowest BCUT2D eigenvalue weighted by atomic mass is 9.66. The van der Waals surface area contributed by atoms with E-state index in [1.807, 2.05) is 0 Å². The molecule has 110 valence electrons. The van der Waals surface area contributed by atoms with Crippen LogP contribution >= 0.6 is 0 Å². The lowest BCUT2D eigenvalue weighted by molar-refractivity contribution is 0.0688. The molecule has 3 aliphatic rings. The van der Waals surface area contributed by atoms with Gasteiger partial charge in [0.15, 0.2) is 0 Å². The van der Waals surface area contributed by atoms with E-state index < -0.39 is 0 Å². The van der Waals surface area contributed by atoms with E-state index >= 15 is 0 Å². The van der Waals surface area contributed by atoms with Gasteiger partial charge in [-0.15, -0.1) is 0 Å². The number of rotatable bonds is 2. The molecule has 1 nitrogen and oxygen atoms in total. The third-order valence-corrected chi connectivity index (χ3v) is 6.54. The van der Waals surface area contributed by atoms with Crippen LogP contribution in [0.1, 0.15) is 83.5 Å². The molecule has 0 aliphatic heterocycles. The third-order valence-electron chi connectivity index (χ3n) is 6.54. The minimum Gasteiger partial charge on any atom is -0.393 e. The van der Waals surface area contributed by atoms with Gasteiger partial charge in [0.2, 0.25) is 0 Å². The van der Waals surface area contributed by atoms with Crippen molar-refractivity contribution in [1.82, 2.24) is 0 Å². The zero-order chi connectivity index (χ0) is 13.1. The average molecular weight is 264 g/mol. The summed E-state index contributed by atoms with van der Waals surface area (Å²) < 4.78 is 0. The van der Waals surface area contributed by atoms with Gasteiger partial charge in [0.1, 0.15) is 0 Å². The zero-order valence-corrected chi connectivity index (χ0v) is 12.5. The quantitative estimate of drug-likeness (QED) is 0.750. The predicted molar refractivity (Wildman–Crippen MR) is 80.0 cm³/mol. The van der Waals surface area contributed by atoms with Crippen LogP contribution < -0.4 is 0 Å². The molecular formula is C18H32O. The van der Waals surface area contributed by atoms with Crippen molar-refractivity contribution in [3.8, 4) is 0 Å². The molecule has 0 spiro atoms. The molecule has 0 aromatic rings. The molecule has 0 unspecified atom stereocenters. The van der Waals surface area contributed by atoms with Gasteiger partial charge in [-0.25, -0.2) is 0 Å². The first kappa shape index (κ1) is 13.9. The number of aliphatic hydroxyl groups is 1. The lowest BCUT2D eigenvalue weighted by Crippen LogP contribution is -2.29. The molecule has 1 N–H and O–H groups in total. The number of hydrogen-bond acceptors (Lipinski definition) is 1. The van der Waals surface area contributed by atoms with E-state index in [0.717, 1.165) is 36.5 Å². The topological polar surface area (TPSA) is 20.2 Å². The minimum absolute atomic E-state index is 0.0230. The van der Waals surface area contributed by atoms with E-state index in [1.54, 1.807) is 0 Å². The lowest BCUT2D eigenvalue weighted by Gasteiger charge is -2.40. The molecule has 19 heavy (non-hydrogen) atoms. The van der Waals surface area contributed by atoms with Gasteiger partial charge in [-0.05, 0) is 75.0 Å². The Balaban J connectivity index is 1.44. The summed E-state index contributed by atoms with van der Waals surface area (Å²) in [5, 5.41) is 9.64. The van der Waals surface area contributed by atoms with Gasteiger partial charge in [-0.3, -0.25) is 0 Å². The van der Waals surface area contributed by atoms with Crippen LogP contribution in [0.5, 0.6) is 0 Å². The summed E-state index contributed by atoms with van der Waals surface area (Å²) >= 11 is 0. The fourth-order valence-electron chi connectivity index (χ4n) is 5.27. The molecule has 0 aromatic heterocycles. The summed E-state index contributed by atoms with van der Waals surface area (Å²) in [4.78, 5) is 0. The largest absolute Gasteiger partial charge is 0.393 e. The standard InChI is InChI=1S/C18H32O/c19-18-12-10-17(11-13-18)16-8-6-15(7-9-16)14-4-2-1-3-5-14/h14-19H,1-13H2. The smallest absolute Gasteiger partial charge is 0.0540 e. The maximum atomic E-state index is 9.64. The number of hydrogen-bond donors (Lipinski definition) is 1. The highest BCUT2D eigenvalue weighted by molar-refractivity contribution is 4.84. The fourth-order valence-corrected chi connectivity index (χ4v) is 5.27. The van der Waals surface area contributed by atoms with Crippen LogP contribution in [0.15, 0.2) is 0 Å². The Morgan fingerprint density at radius 2 is 0.789 bits per heavy atom. The van der Waals surface area contributed by atoms with E-state index in [1.165, 1.54) is 70.6 Å². The molecule has 3 fully saturated rings. The van der Waals surface area contributed by atoms with Crippen LogP contribution in [-0.2, 0) is 0 Å². The zero-order valence-electron chi connectivity index (χ0n) is 12.5. The van der Waals surface area contributed by atoms with Crippen LogP contribution in [0.3, 0.4) is 0 Å². The van der Waals surface area contributed by atoms with Gasteiger partial charge in [0.25, 0.3) is 0 Å². The SMILES string of the molecule is OC1CCC(C2CCC(C3CCCCC3)CC2)CC1. The van der Waals surface area contributed by atoms with Crippen LogP contribution in [0.25, 0.3) is 0 Å². The van der Waals surface area contributed by atoms with Crippen molar-refractivity contribution in [3.63, 3.8) is 0 Å². The molecular weight excluding hydrogens is 232 g/mol. The van der Waals surface area contributed by atoms with Crippen molar-refractivity contribution >= 4 is 0 Å². The maximum absolute atomic E-state index is 9.64. The van der Waals surface area contributed by atoms with Crippen LogP contribution in [0.2, 0.25) is 0 Å². The van der Waals surface area contributed by atoms with E-state index in [-0.39, 0.29) is 6.10 Å². The van der Waals surface area contributed by atoms with Crippen LogP contribution in [0.4, 0.5) is 0 Å². The van der Waals surface area contributed by atoms with Crippen molar-refractivity contribution in [2.45, 2.75) is 89.6 Å². The van der Waals surface area contributed by atoms with Crippen molar-refractivity contribution in [1.29, 1.82) is 0 Å². The second kappa shape index (κ2) is 6.61. The summed E-state index contributed by atoms with van der Waals surface area (Å²) in [5.41, 5.74) is 0. The highest BCUT2D eigenvalue weighted by atomic mass is 16.3. The number of aliphatic hydroxyl groups excluding tert-OH is 1. The van der Waals surface area contributed by atoms with Gasteiger partial charge >= 0.3 is 0 Å². The van der Waals surface area contributed by atoms with E-state index in [4.69, 9.17) is 0 Å². The van der Waals surface area contributed by atoms with Crippen LogP contribution in [0, 0.1) is 23.7 Å². The molecule has 0 heterocycles. The molecule has 0 bridgehead atoms. The molecule has 0 radical (unpaired) electrons. The normalized spacial score (nSPS) is 42.2. The van der Waals surface area contributed by atoms with Crippen molar-refractivity contribution in [2.75, 3.05) is 0 Å². The molecule has 0 atom stereocenters. The van der Waals surface area contributed by atoms with Gasteiger partial charge in [0.05, 0.1) is 6.10 Å². The highest BCUT2D eigenvalue weighted by Gasteiger charge is 2.33. The summed E-state index contributed by atoms with van der Waals surface area (Å²) in [7, 11) is 0. The Hall–Kier alpha value is -0.0400. The molecule has 0 aromatic carbocycles. The Morgan fingerprint density at radius 3 is 1.26 bits per heavy atom. The van der Waals surface area contributed by atoms with Gasteiger partial charge in [-0.2, -0.15) is 0 Å². The molecule has 3 saturated carbocycles. The Bertz CT molecular complexity index is 253. The fraction of sp³-hybridized carbons (Fsp3) is 1.00. The first-order valence-electron chi connectivity index (χ1n) is 9.01. The van der Waals surface area contributed by atoms with Crippen molar-refractivity contribution < 1.29 is 5.11 Å². The van der Waals surface area contributed by atoms with E-state index in [9.17, 15) is 5.11 Å². The molecule has 3 rings (SSSR count). The Labute approximate surface area is 119 Å². The Morgan fingerprint density at radius 1 is 0.421 bits per heavy atom. The van der Waals surface area contributed by atoms with Crippen LogP contribution in [-0.4, -0.2) is 11.2 Å². The second-order valence-electron chi connectivity index (χ2n) is 7.64. The molecule has 1 heteroatoms. The highest BCUT2D eigenvalue weighted by Crippen LogP contribution is 2.44. The molecule has 0 amide bonds. The average Bonchev–Trinajstić information content (AvgIpc) is 2.49.